The van der Waals surface area contributed by atoms with Gasteiger partial charge in [0, 0.05) is 31.9 Å². The van der Waals surface area contributed by atoms with Crippen molar-refractivity contribution in [3.05, 3.63) is 53.6 Å². The maximum absolute atomic E-state index is 4.45. The van der Waals surface area contributed by atoms with Crippen LogP contribution in [0.4, 0.5) is 0 Å². The second-order valence-corrected chi connectivity index (χ2v) is 4.81. The molecule has 0 fully saturated rings. The number of hydrogen-bond donors (Lipinski definition) is 1. The normalized spacial score (nSPS) is 10.8. The molecule has 2 aromatic rings. The fraction of sp³-hybridized carbons (Fsp3) is 0.438. The van der Waals surface area contributed by atoms with Crippen LogP contribution in [0.2, 0.25) is 0 Å². The van der Waals surface area contributed by atoms with Gasteiger partial charge in [0.25, 0.3) is 0 Å². The van der Waals surface area contributed by atoms with Gasteiger partial charge in [-0.1, -0.05) is 38.1 Å². The van der Waals surface area contributed by atoms with Crippen LogP contribution < -0.4 is 5.32 Å². The molecule has 19 heavy (non-hydrogen) atoms. The Labute approximate surface area is 115 Å². The van der Waals surface area contributed by atoms with E-state index in [-0.39, 0.29) is 0 Å². The number of imidazole rings is 1. The summed E-state index contributed by atoms with van der Waals surface area (Å²) in [6.07, 6.45) is 6.02. The van der Waals surface area contributed by atoms with Crippen molar-refractivity contribution < 1.29 is 0 Å². The van der Waals surface area contributed by atoms with Crippen molar-refractivity contribution in [3.63, 3.8) is 0 Å². The Balaban J connectivity index is 2.00. The summed E-state index contributed by atoms with van der Waals surface area (Å²) in [7, 11) is 0. The number of rotatable bonds is 7. The fourth-order valence-electron chi connectivity index (χ4n) is 2.18. The molecular weight excluding hydrogens is 234 g/mol. The zero-order chi connectivity index (χ0) is 13.5. The minimum atomic E-state index is 0.911. The third-order valence-electron chi connectivity index (χ3n) is 3.23. The zero-order valence-corrected chi connectivity index (χ0v) is 11.9. The molecular formula is C16H23N3. The first-order valence-electron chi connectivity index (χ1n) is 7.12. The predicted octanol–water partition coefficient (Wildman–Crippen LogP) is 2.99. The molecule has 0 aliphatic heterocycles. The van der Waals surface area contributed by atoms with Gasteiger partial charge in [0.1, 0.15) is 5.82 Å². The van der Waals surface area contributed by atoms with E-state index in [1.807, 2.05) is 6.20 Å². The number of hydrogen-bond acceptors (Lipinski definition) is 2. The van der Waals surface area contributed by atoms with E-state index in [0.29, 0.717) is 0 Å². The molecule has 102 valence electrons. The minimum Gasteiger partial charge on any atom is -0.335 e. The average Bonchev–Trinajstić information content (AvgIpc) is 2.86. The second-order valence-electron chi connectivity index (χ2n) is 4.81. The van der Waals surface area contributed by atoms with Gasteiger partial charge in [0.2, 0.25) is 0 Å². The molecule has 0 amide bonds. The number of nitrogens with one attached hydrogen (secondary N) is 1. The van der Waals surface area contributed by atoms with Crippen molar-refractivity contribution in [2.45, 2.75) is 39.8 Å². The van der Waals surface area contributed by atoms with Crippen LogP contribution in [0.1, 0.15) is 37.2 Å². The van der Waals surface area contributed by atoms with Crippen LogP contribution in [0, 0.1) is 0 Å². The maximum atomic E-state index is 4.45. The number of aromatic nitrogens is 2. The second kappa shape index (κ2) is 7.10. The smallest absolute Gasteiger partial charge is 0.113 e. The summed E-state index contributed by atoms with van der Waals surface area (Å²) < 4.78 is 2.24. The molecule has 0 aliphatic rings. The van der Waals surface area contributed by atoms with Gasteiger partial charge in [-0.05, 0) is 24.1 Å². The Morgan fingerprint density at radius 3 is 2.53 bits per heavy atom. The highest BCUT2D eigenvalue weighted by atomic mass is 15.1. The molecule has 1 aromatic carbocycles. The van der Waals surface area contributed by atoms with Gasteiger partial charge in [0.05, 0.1) is 0 Å². The van der Waals surface area contributed by atoms with Crippen molar-refractivity contribution >= 4 is 0 Å². The Bertz CT molecular complexity index is 485. The van der Waals surface area contributed by atoms with Gasteiger partial charge in [-0.15, -0.1) is 0 Å². The van der Waals surface area contributed by atoms with E-state index in [2.05, 4.69) is 59.2 Å². The Hall–Kier alpha value is -1.61. The lowest BCUT2D eigenvalue weighted by atomic mass is 10.1. The minimum absolute atomic E-state index is 0.911. The predicted molar refractivity (Wildman–Crippen MR) is 79.1 cm³/mol. The van der Waals surface area contributed by atoms with Crippen molar-refractivity contribution in [1.29, 1.82) is 0 Å². The molecule has 1 aromatic heterocycles. The zero-order valence-electron chi connectivity index (χ0n) is 11.9. The molecule has 0 atom stereocenters. The largest absolute Gasteiger partial charge is 0.335 e. The average molecular weight is 257 g/mol. The first-order valence-corrected chi connectivity index (χ1v) is 7.12. The Kier molecular flexibility index (Phi) is 5.16. The fourth-order valence-corrected chi connectivity index (χ4v) is 2.18. The quantitative estimate of drug-likeness (QED) is 0.826. The van der Waals surface area contributed by atoms with Crippen LogP contribution >= 0.6 is 0 Å². The van der Waals surface area contributed by atoms with Gasteiger partial charge >= 0.3 is 0 Å². The Morgan fingerprint density at radius 1 is 1.11 bits per heavy atom. The van der Waals surface area contributed by atoms with E-state index in [9.17, 15) is 0 Å². The summed E-state index contributed by atoms with van der Waals surface area (Å²) in [6.45, 7) is 7.33. The molecule has 2 rings (SSSR count). The van der Waals surface area contributed by atoms with E-state index < -0.39 is 0 Å². The van der Waals surface area contributed by atoms with Gasteiger partial charge in [-0.3, -0.25) is 0 Å². The molecule has 0 aliphatic carbocycles. The van der Waals surface area contributed by atoms with Crippen molar-refractivity contribution in [2.75, 3.05) is 6.54 Å². The summed E-state index contributed by atoms with van der Waals surface area (Å²) in [5.41, 5.74) is 2.66. The van der Waals surface area contributed by atoms with Crippen LogP contribution in [0.3, 0.4) is 0 Å². The number of nitrogens with zero attached hydrogens (tertiary/aromatic N) is 2. The summed E-state index contributed by atoms with van der Waals surface area (Å²) >= 11 is 0. The van der Waals surface area contributed by atoms with Crippen LogP contribution in [0.5, 0.6) is 0 Å². The molecule has 0 saturated carbocycles. The molecule has 0 unspecified atom stereocenters. The van der Waals surface area contributed by atoms with Crippen LogP contribution in [-0.4, -0.2) is 16.1 Å². The molecule has 1 heterocycles. The van der Waals surface area contributed by atoms with Crippen LogP contribution in [-0.2, 0) is 19.5 Å². The number of aryl methyl sites for hydroxylation is 1. The van der Waals surface area contributed by atoms with Gasteiger partial charge in [-0.25, -0.2) is 4.98 Å². The van der Waals surface area contributed by atoms with Crippen molar-refractivity contribution in [3.8, 4) is 0 Å². The lowest BCUT2D eigenvalue weighted by Crippen LogP contribution is -2.11. The molecule has 0 radical (unpaired) electrons. The van der Waals surface area contributed by atoms with Gasteiger partial charge in [-0.2, -0.15) is 0 Å². The lowest BCUT2D eigenvalue weighted by Gasteiger charge is -2.07. The SMILES string of the molecule is CCCn1ccnc1Cc1ccc(CNCC)cc1. The van der Waals surface area contributed by atoms with E-state index in [4.69, 9.17) is 0 Å². The molecule has 3 heteroatoms. The molecule has 1 N–H and O–H groups in total. The summed E-state index contributed by atoms with van der Waals surface area (Å²) in [5.74, 6) is 1.15. The van der Waals surface area contributed by atoms with E-state index >= 15 is 0 Å². The summed E-state index contributed by atoms with van der Waals surface area (Å²) in [5, 5.41) is 3.34. The van der Waals surface area contributed by atoms with Gasteiger partial charge < -0.3 is 9.88 Å². The van der Waals surface area contributed by atoms with Gasteiger partial charge in [0.15, 0.2) is 0 Å². The lowest BCUT2D eigenvalue weighted by molar-refractivity contribution is 0.647. The number of benzene rings is 1. The summed E-state index contributed by atoms with van der Waals surface area (Å²) in [4.78, 5) is 4.45. The van der Waals surface area contributed by atoms with Crippen molar-refractivity contribution in [2.24, 2.45) is 0 Å². The van der Waals surface area contributed by atoms with Crippen molar-refractivity contribution in [1.82, 2.24) is 14.9 Å². The Morgan fingerprint density at radius 2 is 1.84 bits per heavy atom. The third-order valence-corrected chi connectivity index (χ3v) is 3.23. The molecule has 0 spiro atoms. The summed E-state index contributed by atoms with van der Waals surface area (Å²) in [6, 6.07) is 8.81. The first-order chi connectivity index (χ1) is 9.33. The maximum Gasteiger partial charge on any atom is 0.113 e. The third kappa shape index (κ3) is 3.93. The van der Waals surface area contributed by atoms with E-state index in [1.54, 1.807) is 0 Å². The highest BCUT2D eigenvalue weighted by Gasteiger charge is 2.03. The standard InChI is InChI=1S/C16H23N3/c1-3-10-19-11-9-18-16(19)12-14-5-7-15(8-6-14)13-17-4-2/h5-9,11,17H,3-4,10,12-13H2,1-2H3. The first kappa shape index (κ1) is 13.8. The highest BCUT2D eigenvalue weighted by Crippen LogP contribution is 2.10. The molecule has 3 nitrogen and oxygen atoms in total. The van der Waals surface area contributed by atoms with Crippen LogP contribution in [0.25, 0.3) is 0 Å². The van der Waals surface area contributed by atoms with Crippen LogP contribution in [0.15, 0.2) is 36.7 Å². The molecule has 0 saturated heterocycles. The van der Waals surface area contributed by atoms with E-state index in [1.165, 1.54) is 11.1 Å². The van der Waals surface area contributed by atoms with E-state index in [0.717, 1.165) is 38.3 Å². The highest BCUT2D eigenvalue weighted by molar-refractivity contribution is 5.25. The topological polar surface area (TPSA) is 29.9 Å². The molecule has 0 bridgehead atoms. The monoisotopic (exact) mass is 257 g/mol.